The van der Waals surface area contributed by atoms with Gasteiger partial charge in [-0.2, -0.15) is 5.26 Å². The first kappa shape index (κ1) is 14.2. The van der Waals surface area contributed by atoms with Crippen molar-refractivity contribution in [2.45, 2.75) is 19.3 Å². The quantitative estimate of drug-likeness (QED) is 0.908. The SMILES string of the molecule is CN(C)C(=O)c1sc(N2CC3CCCC3C2)c(C#N)c1N. The lowest BCUT2D eigenvalue weighted by atomic mass is 10.0. The van der Waals surface area contributed by atoms with Crippen molar-refractivity contribution in [2.24, 2.45) is 11.8 Å². The van der Waals surface area contributed by atoms with Crippen LogP contribution >= 0.6 is 11.3 Å². The maximum atomic E-state index is 12.2. The summed E-state index contributed by atoms with van der Waals surface area (Å²) in [6.07, 6.45) is 3.89. The van der Waals surface area contributed by atoms with Gasteiger partial charge in [-0.1, -0.05) is 6.42 Å². The lowest BCUT2D eigenvalue weighted by Gasteiger charge is -2.17. The third kappa shape index (κ3) is 2.26. The average molecular weight is 304 g/mol. The number of thiophene rings is 1. The van der Waals surface area contributed by atoms with Crippen LogP contribution in [0.3, 0.4) is 0 Å². The van der Waals surface area contributed by atoms with E-state index in [9.17, 15) is 10.1 Å². The second kappa shape index (κ2) is 5.23. The first-order chi connectivity index (χ1) is 10.0. The summed E-state index contributed by atoms with van der Waals surface area (Å²) in [4.78, 5) is 16.4. The fourth-order valence-electron chi connectivity index (χ4n) is 3.52. The fraction of sp³-hybridized carbons (Fsp3) is 0.600. The molecule has 2 heterocycles. The predicted octanol–water partition coefficient (Wildman–Crippen LogP) is 2.14. The number of hydrogen-bond acceptors (Lipinski definition) is 5. The third-order valence-electron chi connectivity index (χ3n) is 4.65. The van der Waals surface area contributed by atoms with Gasteiger partial charge in [0.2, 0.25) is 0 Å². The third-order valence-corrected chi connectivity index (χ3v) is 5.91. The van der Waals surface area contributed by atoms with Gasteiger partial charge in [0, 0.05) is 27.2 Å². The molecule has 1 aromatic heterocycles. The Morgan fingerprint density at radius 1 is 1.38 bits per heavy atom. The number of anilines is 2. The Hall–Kier alpha value is -1.74. The number of nitrogens with zero attached hydrogens (tertiary/aromatic N) is 3. The molecule has 112 valence electrons. The zero-order chi connectivity index (χ0) is 15.1. The molecule has 2 aliphatic rings. The highest BCUT2D eigenvalue weighted by atomic mass is 32.1. The van der Waals surface area contributed by atoms with E-state index in [4.69, 9.17) is 5.73 Å². The van der Waals surface area contributed by atoms with Crippen LogP contribution in [0.2, 0.25) is 0 Å². The number of carbonyl (C=O) groups is 1. The molecule has 21 heavy (non-hydrogen) atoms. The van der Waals surface area contributed by atoms with Crippen molar-refractivity contribution >= 4 is 27.9 Å². The normalized spacial score (nSPS) is 24.0. The first-order valence-electron chi connectivity index (χ1n) is 7.32. The summed E-state index contributed by atoms with van der Waals surface area (Å²) in [6, 6.07) is 2.19. The van der Waals surface area contributed by atoms with Gasteiger partial charge in [-0.25, -0.2) is 0 Å². The van der Waals surface area contributed by atoms with Gasteiger partial charge < -0.3 is 15.5 Å². The highest BCUT2D eigenvalue weighted by molar-refractivity contribution is 7.19. The van der Waals surface area contributed by atoms with Gasteiger partial charge in [0.05, 0.1) is 5.69 Å². The van der Waals surface area contributed by atoms with Crippen LogP contribution in [-0.4, -0.2) is 38.0 Å². The van der Waals surface area contributed by atoms with Crippen LogP contribution in [0.15, 0.2) is 0 Å². The smallest absolute Gasteiger partial charge is 0.265 e. The van der Waals surface area contributed by atoms with E-state index in [1.54, 1.807) is 14.1 Å². The summed E-state index contributed by atoms with van der Waals surface area (Å²) < 4.78 is 0. The molecule has 0 bridgehead atoms. The Labute approximate surface area is 128 Å². The largest absolute Gasteiger partial charge is 0.396 e. The molecule has 1 saturated heterocycles. The van der Waals surface area contributed by atoms with Crippen LogP contribution in [0.1, 0.15) is 34.5 Å². The topological polar surface area (TPSA) is 73.4 Å². The molecule has 2 N–H and O–H groups in total. The molecular formula is C15H20N4OS. The summed E-state index contributed by atoms with van der Waals surface area (Å²) >= 11 is 1.37. The van der Waals surface area contributed by atoms with Crippen LogP contribution in [0, 0.1) is 23.2 Å². The summed E-state index contributed by atoms with van der Waals surface area (Å²) in [7, 11) is 3.40. The van der Waals surface area contributed by atoms with Crippen LogP contribution in [-0.2, 0) is 0 Å². The monoisotopic (exact) mass is 304 g/mol. The van der Waals surface area contributed by atoms with Gasteiger partial charge in [0.1, 0.15) is 21.5 Å². The lowest BCUT2D eigenvalue weighted by molar-refractivity contribution is 0.0833. The van der Waals surface area contributed by atoms with Gasteiger partial charge >= 0.3 is 0 Å². The van der Waals surface area contributed by atoms with E-state index in [-0.39, 0.29) is 5.91 Å². The molecule has 1 aliphatic carbocycles. The van der Waals surface area contributed by atoms with E-state index in [2.05, 4.69) is 11.0 Å². The Bertz CT molecular complexity index is 604. The molecule has 1 aromatic rings. The van der Waals surface area contributed by atoms with E-state index in [0.717, 1.165) is 29.9 Å². The number of fused-ring (bicyclic) bond motifs is 1. The molecule has 1 saturated carbocycles. The molecule has 1 aliphatic heterocycles. The molecule has 6 heteroatoms. The minimum absolute atomic E-state index is 0.125. The number of amides is 1. The Morgan fingerprint density at radius 3 is 2.52 bits per heavy atom. The van der Waals surface area contributed by atoms with Gasteiger partial charge in [-0.05, 0) is 24.7 Å². The van der Waals surface area contributed by atoms with E-state index < -0.39 is 0 Å². The van der Waals surface area contributed by atoms with Crippen LogP contribution < -0.4 is 10.6 Å². The molecule has 0 aromatic carbocycles. The molecule has 5 nitrogen and oxygen atoms in total. The molecule has 2 fully saturated rings. The number of carbonyl (C=O) groups excluding carboxylic acids is 1. The van der Waals surface area contributed by atoms with Crippen LogP contribution in [0.25, 0.3) is 0 Å². The molecule has 0 spiro atoms. The van der Waals surface area contributed by atoms with Crippen molar-refractivity contribution < 1.29 is 4.79 Å². The van der Waals surface area contributed by atoms with Crippen molar-refractivity contribution in [1.29, 1.82) is 5.26 Å². The Kier molecular flexibility index (Phi) is 3.54. The van der Waals surface area contributed by atoms with E-state index in [1.807, 2.05) is 0 Å². The number of rotatable bonds is 2. The minimum Gasteiger partial charge on any atom is -0.396 e. The summed E-state index contributed by atoms with van der Waals surface area (Å²) in [6.45, 7) is 1.99. The zero-order valence-electron chi connectivity index (χ0n) is 12.4. The van der Waals surface area contributed by atoms with E-state index in [1.165, 1.54) is 35.5 Å². The Morgan fingerprint density at radius 2 is 2.00 bits per heavy atom. The first-order valence-corrected chi connectivity index (χ1v) is 8.13. The van der Waals surface area contributed by atoms with Crippen molar-refractivity contribution in [3.05, 3.63) is 10.4 Å². The average Bonchev–Trinajstić information content (AvgIpc) is 3.09. The standard InChI is InChI=1S/C15H20N4OS/c1-18(2)14(20)13-12(17)11(6-16)15(21-13)19-7-9-4-3-5-10(9)8-19/h9-10H,3-5,7-8,17H2,1-2H3. The van der Waals surface area contributed by atoms with Gasteiger partial charge in [-0.3, -0.25) is 4.79 Å². The van der Waals surface area contributed by atoms with Crippen molar-refractivity contribution in [2.75, 3.05) is 37.8 Å². The maximum absolute atomic E-state index is 12.2. The number of nitrogen functional groups attached to an aromatic ring is 1. The molecular weight excluding hydrogens is 284 g/mol. The highest BCUT2D eigenvalue weighted by Crippen LogP contribution is 2.45. The van der Waals surface area contributed by atoms with E-state index >= 15 is 0 Å². The van der Waals surface area contributed by atoms with Crippen molar-refractivity contribution in [3.63, 3.8) is 0 Å². The highest BCUT2D eigenvalue weighted by Gasteiger charge is 2.38. The number of hydrogen-bond donors (Lipinski definition) is 1. The maximum Gasteiger partial charge on any atom is 0.265 e. The fourth-order valence-corrected chi connectivity index (χ4v) is 4.74. The number of nitrogens with two attached hydrogens (primary N) is 1. The van der Waals surface area contributed by atoms with Crippen LogP contribution in [0.5, 0.6) is 0 Å². The van der Waals surface area contributed by atoms with Gasteiger partial charge in [0.25, 0.3) is 5.91 Å². The van der Waals surface area contributed by atoms with Crippen LogP contribution in [0.4, 0.5) is 10.7 Å². The molecule has 0 radical (unpaired) electrons. The Balaban J connectivity index is 1.94. The second-order valence-electron chi connectivity index (χ2n) is 6.19. The minimum atomic E-state index is -0.125. The van der Waals surface area contributed by atoms with Gasteiger partial charge in [-0.15, -0.1) is 11.3 Å². The molecule has 2 atom stereocenters. The van der Waals surface area contributed by atoms with Crippen molar-refractivity contribution in [3.8, 4) is 6.07 Å². The number of nitriles is 1. The molecule has 3 rings (SSSR count). The lowest BCUT2D eigenvalue weighted by Crippen LogP contribution is -2.21. The molecule has 1 amide bonds. The zero-order valence-corrected chi connectivity index (χ0v) is 13.2. The van der Waals surface area contributed by atoms with Crippen molar-refractivity contribution in [1.82, 2.24) is 4.90 Å². The van der Waals surface area contributed by atoms with Gasteiger partial charge in [0.15, 0.2) is 0 Å². The molecule has 2 unspecified atom stereocenters. The summed E-state index contributed by atoms with van der Waals surface area (Å²) in [5, 5.41) is 10.3. The summed E-state index contributed by atoms with van der Waals surface area (Å²) in [5.41, 5.74) is 6.87. The summed E-state index contributed by atoms with van der Waals surface area (Å²) in [5.74, 6) is 1.36. The van der Waals surface area contributed by atoms with E-state index in [0.29, 0.717) is 16.1 Å². The second-order valence-corrected chi connectivity index (χ2v) is 7.19. The predicted molar refractivity (Wildman–Crippen MR) is 84.5 cm³/mol.